The lowest BCUT2D eigenvalue weighted by molar-refractivity contribution is 0.0889. The predicted octanol–water partition coefficient (Wildman–Crippen LogP) is 1.55. The molecule has 1 rings (SSSR count). The summed E-state index contributed by atoms with van der Waals surface area (Å²) < 4.78 is 5.50. The molecule has 2 heteroatoms. The third-order valence-corrected chi connectivity index (χ3v) is 2.67. The normalized spacial score (nSPS) is 37.9. The van der Waals surface area contributed by atoms with Gasteiger partial charge in [0.15, 0.2) is 0 Å². The van der Waals surface area contributed by atoms with Gasteiger partial charge < -0.3 is 10.1 Å². The van der Waals surface area contributed by atoms with Crippen molar-refractivity contribution >= 4 is 0 Å². The number of hydrogen-bond donors (Lipinski definition) is 1. The summed E-state index contributed by atoms with van der Waals surface area (Å²) >= 11 is 0. The van der Waals surface area contributed by atoms with Crippen molar-refractivity contribution in [1.82, 2.24) is 5.32 Å². The molecule has 2 nitrogen and oxygen atoms in total. The molecule has 1 N–H and O–H groups in total. The van der Waals surface area contributed by atoms with Crippen LogP contribution in [0.3, 0.4) is 0 Å². The van der Waals surface area contributed by atoms with Gasteiger partial charge in [0.25, 0.3) is 0 Å². The molecular formula is C9H19NO. The van der Waals surface area contributed by atoms with Crippen LogP contribution >= 0.6 is 0 Å². The highest BCUT2D eigenvalue weighted by Gasteiger charge is 2.35. The second kappa shape index (κ2) is 3.55. The summed E-state index contributed by atoms with van der Waals surface area (Å²) in [5.41, 5.74) is 0.232. The Morgan fingerprint density at radius 1 is 1.64 bits per heavy atom. The first-order valence-corrected chi connectivity index (χ1v) is 4.55. The molecule has 1 aliphatic rings. The Bertz CT molecular complexity index is 127. The van der Waals surface area contributed by atoms with Gasteiger partial charge >= 0.3 is 0 Å². The second-order valence-electron chi connectivity index (χ2n) is 3.61. The zero-order chi connectivity index (χ0) is 8.32. The van der Waals surface area contributed by atoms with Crippen LogP contribution in [0, 0.1) is 0 Å². The summed E-state index contributed by atoms with van der Waals surface area (Å²) in [7, 11) is 0. The summed E-state index contributed by atoms with van der Waals surface area (Å²) in [5.74, 6) is 0. The molecule has 1 heterocycles. The van der Waals surface area contributed by atoms with Crippen LogP contribution in [0.25, 0.3) is 0 Å². The molecule has 0 aromatic carbocycles. The van der Waals surface area contributed by atoms with Gasteiger partial charge in [-0.15, -0.1) is 0 Å². The topological polar surface area (TPSA) is 21.3 Å². The molecule has 2 atom stereocenters. The van der Waals surface area contributed by atoms with E-state index in [2.05, 4.69) is 26.1 Å². The van der Waals surface area contributed by atoms with Crippen molar-refractivity contribution < 1.29 is 4.74 Å². The van der Waals surface area contributed by atoms with Gasteiger partial charge in [0, 0.05) is 12.1 Å². The Morgan fingerprint density at radius 2 is 2.36 bits per heavy atom. The van der Waals surface area contributed by atoms with Crippen LogP contribution < -0.4 is 5.32 Å². The van der Waals surface area contributed by atoms with Crippen LogP contribution in [0.1, 0.15) is 33.6 Å². The minimum absolute atomic E-state index is 0.232. The highest BCUT2D eigenvalue weighted by molar-refractivity contribution is 4.93. The van der Waals surface area contributed by atoms with E-state index in [1.807, 2.05) is 0 Å². The first-order valence-electron chi connectivity index (χ1n) is 4.55. The zero-order valence-electron chi connectivity index (χ0n) is 7.81. The molecule has 0 amide bonds. The van der Waals surface area contributed by atoms with Gasteiger partial charge in [-0.2, -0.15) is 0 Å². The van der Waals surface area contributed by atoms with E-state index in [4.69, 9.17) is 4.74 Å². The fourth-order valence-corrected chi connectivity index (χ4v) is 1.48. The standard InChI is InChI=1S/C9H19NO/c1-4-6-10-9(3)5-7-11-8(9)2/h8,10H,4-7H2,1-3H3. The second-order valence-corrected chi connectivity index (χ2v) is 3.61. The largest absolute Gasteiger partial charge is 0.377 e. The SMILES string of the molecule is CCCNC1(C)CCOC1C. The molecule has 66 valence electrons. The minimum atomic E-state index is 0.232. The quantitative estimate of drug-likeness (QED) is 0.671. The monoisotopic (exact) mass is 157 g/mol. The van der Waals surface area contributed by atoms with E-state index >= 15 is 0 Å². The summed E-state index contributed by atoms with van der Waals surface area (Å²) in [4.78, 5) is 0. The molecule has 11 heavy (non-hydrogen) atoms. The third-order valence-electron chi connectivity index (χ3n) is 2.67. The third kappa shape index (κ3) is 1.94. The molecule has 0 radical (unpaired) electrons. The number of ether oxygens (including phenoxy) is 1. The van der Waals surface area contributed by atoms with E-state index in [1.165, 1.54) is 6.42 Å². The van der Waals surface area contributed by atoms with Crippen LogP contribution in [0.2, 0.25) is 0 Å². The lowest BCUT2D eigenvalue weighted by atomic mass is 9.95. The van der Waals surface area contributed by atoms with Crippen LogP contribution in [-0.2, 0) is 4.74 Å². The van der Waals surface area contributed by atoms with Crippen LogP contribution in [0.15, 0.2) is 0 Å². The predicted molar refractivity (Wildman–Crippen MR) is 46.7 cm³/mol. The molecule has 1 fully saturated rings. The van der Waals surface area contributed by atoms with Gasteiger partial charge in [-0.05, 0) is 33.2 Å². The lowest BCUT2D eigenvalue weighted by Crippen LogP contribution is -2.47. The Hall–Kier alpha value is -0.0800. The van der Waals surface area contributed by atoms with Crippen molar-refractivity contribution in [2.24, 2.45) is 0 Å². The number of hydrogen-bond acceptors (Lipinski definition) is 2. The first-order chi connectivity index (χ1) is 5.19. The average molecular weight is 157 g/mol. The molecule has 0 bridgehead atoms. The van der Waals surface area contributed by atoms with Gasteiger partial charge in [0.1, 0.15) is 0 Å². The highest BCUT2D eigenvalue weighted by Crippen LogP contribution is 2.24. The summed E-state index contributed by atoms with van der Waals surface area (Å²) in [5, 5.41) is 3.53. The van der Waals surface area contributed by atoms with E-state index in [-0.39, 0.29) is 5.54 Å². The Labute approximate surface area is 69.3 Å². The summed E-state index contributed by atoms with van der Waals surface area (Å²) in [6, 6.07) is 0. The van der Waals surface area contributed by atoms with Crippen molar-refractivity contribution in [2.75, 3.05) is 13.2 Å². The number of nitrogens with one attached hydrogen (secondary N) is 1. The van der Waals surface area contributed by atoms with E-state index in [0.29, 0.717) is 6.10 Å². The van der Waals surface area contributed by atoms with Crippen LogP contribution in [-0.4, -0.2) is 24.8 Å². The van der Waals surface area contributed by atoms with E-state index in [1.54, 1.807) is 0 Å². The Morgan fingerprint density at radius 3 is 2.82 bits per heavy atom. The maximum absolute atomic E-state index is 5.50. The fraction of sp³-hybridized carbons (Fsp3) is 1.00. The van der Waals surface area contributed by atoms with Gasteiger partial charge in [0.2, 0.25) is 0 Å². The Kier molecular flexibility index (Phi) is 2.90. The Balaban J connectivity index is 2.38. The molecular weight excluding hydrogens is 138 g/mol. The zero-order valence-corrected chi connectivity index (χ0v) is 7.81. The van der Waals surface area contributed by atoms with Crippen molar-refractivity contribution in [3.8, 4) is 0 Å². The van der Waals surface area contributed by atoms with Gasteiger partial charge in [0.05, 0.1) is 6.10 Å². The molecule has 0 spiro atoms. The first kappa shape index (κ1) is 9.01. The van der Waals surface area contributed by atoms with Crippen molar-refractivity contribution in [2.45, 2.75) is 45.3 Å². The maximum atomic E-state index is 5.50. The molecule has 1 aliphatic heterocycles. The molecule has 2 unspecified atom stereocenters. The van der Waals surface area contributed by atoms with Gasteiger partial charge in [-0.25, -0.2) is 0 Å². The number of rotatable bonds is 3. The fourth-order valence-electron chi connectivity index (χ4n) is 1.48. The summed E-state index contributed by atoms with van der Waals surface area (Å²) in [6.07, 6.45) is 2.71. The molecule has 0 aromatic heterocycles. The van der Waals surface area contributed by atoms with Crippen LogP contribution in [0.4, 0.5) is 0 Å². The molecule has 0 aromatic rings. The molecule has 0 saturated carbocycles. The smallest absolute Gasteiger partial charge is 0.0726 e. The molecule has 0 aliphatic carbocycles. The van der Waals surface area contributed by atoms with Gasteiger partial charge in [-0.3, -0.25) is 0 Å². The van der Waals surface area contributed by atoms with Crippen molar-refractivity contribution in [3.63, 3.8) is 0 Å². The van der Waals surface area contributed by atoms with E-state index in [0.717, 1.165) is 19.6 Å². The van der Waals surface area contributed by atoms with E-state index in [9.17, 15) is 0 Å². The maximum Gasteiger partial charge on any atom is 0.0726 e. The summed E-state index contributed by atoms with van der Waals surface area (Å²) in [6.45, 7) is 8.60. The molecule has 1 saturated heterocycles. The lowest BCUT2D eigenvalue weighted by Gasteiger charge is -2.28. The minimum Gasteiger partial charge on any atom is -0.377 e. The highest BCUT2D eigenvalue weighted by atomic mass is 16.5. The van der Waals surface area contributed by atoms with E-state index < -0.39 is 0 Å². The van der Waals surface area contributed by atoms with Crippen molar-refractivity contribution in [3.05, 3.63) is 0 Å². The van der Waals surface area contributed by atoms with Crippen molar-refractivity contribution in [1.29, 1.82) is 0 Å². The van der Waals surface area contributed by atoms with Crippen LogP contribution in [0.5, 0.6) is 0 Å². The van der Waals surface area contributed by atoms with Gasteiger partial charge in [-0.1, -0.05) is 6.92 Å². The average Bonchev–Trinajstić information content (AvgIpc) is 2.30.